The molecule has 2 aliphatic rings. The fourth-order valence-corrected chi connectivity index (χ4v) is 2.27. The van der Waals surface area contributed by atoms with Crippen LogP contribution in [0.15, 0.2) is 0 Å². The van der Waals surface area contributed by atoms with Crippen molar-refractivity contribution in [1.29, 1.82) is 0 Å². The van der Waals surface area contributed by atoms with E-state index in [0.29, 0.717) is 13.2 Å². The molecule has 92 valence electrons. The second-order valence-corrected chi connectivity index (χ2v) is 4.34. The molecule has 0 bridgehead atoms. The summed E-state index contributed by atoms with van der Waals surface area (Å²) in [6.07, 6.45) is 0. The number of rotatable bonds is 2. The Morgan fingerprint density at radius 3 is 2.81 bits per heavy atom. The Bertz CT molecular complexity index is 241. The van der Waals surface area contributed by atoms with Crippen LogP contribution in [-0.2, 0) is 9.53 Å². The zero-order valence-electron chi connectivity index (χ0n) is 9.95. The van der Waals surface area contributed by atoms with Crippen LogP contribution in [0.25, 0.3) is 0 Å². The molecule has 2 aliphatic heterocycles. The number of hydrogen-bond acceptors (Lipinski definition) is 4. The normalized spacial score (nSPS) is 28.1. The van der Waals surface area contributed by atoms with Gasteiger partial charge in [0, 0.05) is 32.7 Å². The fourth-order valence-electron chi connectivity index (χ4n) is 2.27. The third-order valence-electron chi connectivity index (χ3n) is 3.33. The van der Waals surface area contributed by atoms with E-state index in [1.54, 1.807) is 0 Å². The summed E-state index contributed by atoms with van der Waals surface area (Å²) in [7, 11) is 0. The van der Waals surface area contributed by atoms with Gasteiger partial charge in [0.05, 0.1) is 19.3 Å². The average molecular weight is 227 g/mol. The molecule has 0 aromatic carbocycles. The minimum atomic E-state index is -0.0215. The largest absolute Gasteiger partial charge is 0.378 e. The third kappa shape index (κ3) is 2.72. The number of ether oxygens (including phenoxy) is 1. The van der Waals surface area contributed by atoms with Gasteiger partial charge in [0.1, 0.15) is 0 Å². The summed E-state index contributed by atoms with van der Waals surface area (Å²) in [5.74, 6) is 0.237. The summed E-state index contributed by atoms with van der Waals surface area (Å²) < 4.78 is 5.25. The molecular weight excluding hydrogens is 206 g/mol. The first-order chi connectivity index (χ1) is 7.81. The van der Waals surface area contributed by atoms with E-state index in [2.05, 4.69) is 17.1 Å². The molecule has 1 amide bonds. The second kappa shape index (κ2) is 5.61. The molecule has 0 spiro atoms. The summed E-state index contributed by atoms with van der Waals surface area (Å²) in [6.45, 7) is 8.79. The smallest absolute Gasteiger partial charge is 0.241 e. The Morgan fingerprint density at radius 1 is 1.38 bits per heavy atom. The number of amides is 1. The lowest BCUT2D eigenvalue weighted by Gasteiger charge is -2.36. The van der Waals surface area contributed by atoms with Crippen LogP contribution in [0.2, 0.25) is 0 Å². The second-order valence-electron chi connectivity index (χ2n) is 4.34. The quantitative estimate of drug-likeness (QED) is 0.667. The van der Waals surface area contributed by atoms with Crippen molar-refractivity contribution < 1.29 is 9.53 Å². The summed E-state index contributed by atoms with van der Waals surface area (Å²) in [4.78, 5) is 16.4. The third-order valence-corrected chi connectivity index (χ3v) is 3.33. The molecule has 2 saturated heterocycles. The van der Waals surface area contributed by atoms with Gasteiger partial charge in [-0.15, -0.1) is 0 Å². The molecule has 2 heterocycles. The summed E-state index contributed by atoms with van der Waals surface area (Å²) in [6, 6.07) is -0.0215. The van der Waals surface area contributed by atoms with E-state index >= 15 is 0 Å². The van der Waals surface area contributed by atoms with Crippen molar-refractivity contribution in [3.63, 3.8) is 0 Å². The molecule has 0 saturated carbocycles. The molecule has 16 heavy (non-hydrogen) atoms. The monoisotopic (exact) mass is 227 g/mol. The van der Waals surface area contributed by atoms with E-state index in [-0.39, 0.29) is 11.9 Å². The van der Waals surface area contributed by atoms with Crippen LogP contribution in [0.5, 0.6) is 0 Å². The number of carbonyl (C=O) groups is 1. The highest BCUT2D eigenvalue weighted by Gasteiger charge is 2.28. The fraction of sp³-hybridized carbons (Fsp3) is 0.909. The van der Waals surface area contributed by atoms with Crippen LogP contribution < -0.4 is 5.32 Å². The molecule has 0 radical (unpaired) electrons. The van der Waals surface area contributed by atoms with Gasteiger partial charge in [-0.3, -0.25) is 4.79 Å². The Kier molecular flexibility index (Phi) is 4.15. The molecule has 1 atom stereocenters. The number of piperazine rings is 1. The minimum Gasteiger partial charge on any atom is -0.378 e. The van der Waals surface area contributed by atoms with Gasteiger partial charge in [-0.1, -0.05) is 6.92 Å². The van der Waals surface area contributed by atoms with Crippen molar-refractivity contribution in [2.75, 3.05) is 52.5 Å². The zero-order chi connectivity index (χ0) is 11.4. The lowest BCUT2D eigenvalue weighted by Crippen LogP contribution is -2.59. The predicted molar refractivity (Wildman–Crippen MR) is 61.3 cm³/mol. The molecule has 2 fully saturated rings. The highest BCUT2D eigenvalue weighted by molar-refractivity contribution is 5.82. The van der Waals surface area contributed by atoms with Gasteiger partial charge in [0.15, 0.2) is 0 Å². The van der Waals surface area contributed by atoms with Gasteiger partial charge in [-0.25, -0.2) is 0 Å². The lowest BCUT2D eigenvalue weighted by molar-refractivity contribution is -0.138. The maximum Gasteiger partial charge on any atom is 0.241 e. The molecule has 1 N–H and O–H groups in total. The van der Waals surface area contributed by atoms with Crippen molar-refractivity contribution >= 4 is 5.91 Å². The first-order valence-corrected chi connectivity index (χ1v) is 6.13. The van der Waals surface area contributed by atoms with E-state index in [1.807, 2.05) is 4.90 Å². The molecule has 2 rings (SSSR count). The van der Waals surface area contributed by atoms with Gasteiger partial charge < -0.3 is 19.9 Å². The molecule has 5 heteroatoms. The van der Waals surface area contributed by atoms with Crippen molar-refractivity contribution in [2.24, 2.45) is 0 Å². The van der Waals surface area contributed by atoms with Crippen molar-refractivity contribution in [3.8, 4) is 0 Å². The Labute approximate surface area is 96.7 Å². The lowest BCUT2D eigenvalue weighted by atomic mass is 10.1. The number of nitrogens with zero attached hydrogens (tertiary/aromatic N) is 2. The Hall–Kier alpha value is -0.650. The number of nitrogens with one attached hydrogen (secondary N) is 1. The van der Waals surface area contributed by atoms with Crippen LogP contribution in [-0.4, -0.2) is 74.2 Å². The number of hydrogen-bond donors (Lipinski definition) is 1. The van der Waals surface area contributed by atoms with Gasteiger partial charge >= 0.3 is 0 Å². The molecular formula is C11H21N3O2. The van der Waals surface area contributed by atoms with Gasteiger partial charge in [0.25, 0.3) is 0 Å². The Balaban J connectivity index is 1.87. The van der Waals surface area contributed by atoms with Crippen molar-refractivity contribution in [3.05, 3.63) is 0 Å². The maximum atomic E-state index is 12.2. The van der Waals surface area contributed by atoms with Crippen LogP contribution in [0.4, 0.5) is 0 Å². The van der Waals surface area contributed by atoms with Crippen molar-refractivity contribution in [2.45, 2.75) is 13.0 Å². The van der Waals surface area contributed by atoms with Gasteiger partial charge in [-0.2, -0.15) is 0 Å². The predicted octanol–water partition coefficient (Wildman–Crippen LogP) is -0.861. The number of morpholine rings is 1. The Morgan fingerprint density at radius 2 is 2.12 bits per heavy atom. The number of carbonyl (C=O) groups excluding carboxylic acids is 1. The highest BCUT2D eigenvalue weighted by atomic mass is 16.5. The molecule has 0 aliphatic carbocycles. The minimum absolute atomic E-state index is 0.0215. The molecule has 5 nitrogen and oxygen atoms in total. The van der Waals surface area contributed by atoms with E-state index < -0.39 is 0 Å². The molecule has 1 unspecified atom stereocenters. The van der Waals surface area contributed by atoms with Gasteiger partial charge in [-0.05, 0) is 6.54 Å². The van der Waals surface area contributed by atoms with E-state index in [0.717, 1.165) is 39.3 Å². The first-order valence-electron chi connectivity index (χ1n) is 6.13. The van der Waals surface area contributed by atoms with Crippen LogP contribution in [0.1, 0.15) is 6.92 Å². The van der Waals surface area contributed by atoms with E-state index in [9.17, 15) is 4.79 Å². The number of likely N-dealkylation sites (N-methyl/N-ethyl adjacent to an activating group) is 1. The van der Waals surface area contributed by atoms with E-state index in [1.165, 1.54) is 0 Å². The van der Waals surface area contributed by atoms with Crippen LogP contribution >= 0.6 is 0 Å². The molecule has 0 aromatic rings. The van der Waals surface area contributed by atoms with Gasteiger partial charge in [0.2, 0.25) is 5.91 Å². The van der Waals surface area contributed by atoms with Crippen LogP contribution in [0.3, 0.4) is 0 Å². The maximum absolute atomic E-state index is 12.2. The topological polar surface area (TPSA) is 44.8 Å². The standard InChI is InChI=1S/C11H21N3O2/c1-2-13-4-3-12-10(9-13)11(15)14-5-7-16-8-6-14/h10,12H,2-9H2,1H3. The zero-order valence-corrected chi connectivity index (χ0v) is 9.95. The first kappa shape index (κ1) is 11.8. The summed E-state index contributed by atoms with van der Waals surface area (Å²) >= 11 is 0. The SMILES string of the molecule is CCN1CCNC(C(=O)N2CCOCC2)C1. The van der Waals surface area contributed by atoms with Crippen molar-refractivity contribution in [1.82, 2.24) is 15.1 Å². The molecule has 0 aromatic heterocycles. The summed E-state index contributed by atoms with van der Waals surface area (Å²) in [5.41, 5.74) is 0. The van der Waals surface area contributed by atoms with E-state index in [4.69, 9.17) is 4.74 Å². The highest BCUT2D eigenvalue weighted by Crippen LogP contribution is 2.05. The van der Waals surface area contributed by atoms with Crippen LogP contribution in [0, 0.1) is 0 Å². The average Bonchev–Trinajstić information content (AvgIpc) is 2.39. The summed E-state index contributed by atoms with van der Waals surface area (Å²) in [5, 5.41) is 3.31.